The van der Waals surface area contributed by atoms with Gasteiger partial charge in [-0.15, -0.1) is 10.2 Å². The van der Waals surface area contributed by atoms with Gasteiger partial charge in [0, 0.05) is 24.4 Å². The monoisotopic (exact) mass is 390 g/mol. The van der Waals surface area contributed by atoms with Crippen LogP contribution in [0.15, 0.2) is 64.8 Å². The predicted molar refractivity (Wildman–Crippen MR) is 109 cm³/mol. The maximum Gasteiger partial charge on any atom is 0.277 e. The fourth-order valence-electron chi connectivity index (χ4n) is 3.90. The lowest BCUT2D eigenvalue weighted by atomic mass is 9.88. The maximum atomic E-state index is 12.8. The van der Waals surface area contributed by atoms with Crippen LogP contribution in [0.25, 0.3) is 10.9 Å². The maximum absolute atomic E-state index is 12.8. The Labute approximate surface area is 168 Å². The zero-order chi connectivity index (χ0) is 20.4. The lowest BCUT2D eigenvalue weighted by Crippen LogP contribution is -2.25. The average molecular weight is 390 g/mol. The Morgan fingerprint density at radius 3 is 2.66 bits per heavy atom. The van der Waals surface area contributed by atoms with Crippen molar-refractivity contribution in [1.29, 1.82) is 0 Å². The molecular weight excluding hydrogens is 368 g/mol. The lowest BCUT2D eigenvalue weighted by Gasteiger charge is -2.13. The number of carbonyl (C=O) groups is 2. The summed E-state index contributed by atoms with van der Waals surface area (Å²) in [5.74, 6) is -2.20. The van der Waals surface area contributed by atoms with Gasteiger partial charge in [-0.05, 0) is 18.1 Å². The topological polar surface area (TPSA) is 96.0 Å². The Morgan fingerprint density at radius 1 is 1.17 bits per heavy atom. The number of aryl methyl sites for hydroxylation is 1. The van der Waals surface area contributed by atoms with E-state index in [1.54, 1.807) is 4.57 Å². The van der Waals surface area contributed by atoms with Crippen molar-refractivity contribution in [3.63, 3.8) is 0 Å². The summed E-state index contributed by atoms with van der Waals surface area (Å²) in [6.07, 6.45) is 0.836. The van der Waals surface area contributed by atoms with Gasteiger partial charge in [-0.1, -0.05) is 55.5 Å². The molecule has 1 aliphatic rings. The first-order valence-corrected chi connectivity index (χ1v) is 9.70. The summed E-state index contributed by atoms with van der Waals surface area (Å²) in [5.41, 5.74) is 1.98. The molecule has 1 aliphatic heterocycles. The Bertz CT molecular complexity index is 1090. The smallest absolute Gasteiger partial charge is 0.277 e. The molecule has 0 spiro atoms. The van der Waals surface area contributed by atoms with Crippen molar-refractivity contribution >= 4 is 28.4 Å². The molecule has 2 N–H and O–H groups in total. The SMILES string of the molecule is CCCn1c(O)c(N=NC(=O)[C@@H]2C(=O)NC[C@@H]2c2ccccc2)c2ccccc21. The van der Waals surface area contributed by atoms with E-state index in [0.717, 1.165) is 17.5 Å². The summed E-state index contributed by atoms with van der Waals surface area (Å²) in [6.45, 7) is 3.02. The van der Waals surface area contributed by atoms with E-state index >= 15 is 0 Å². The minimum absolute atomic E-state index is 0.0277. The summed E-state index contributed by atoms with van der Waals surface area (Å²) >= 11 is 0. The number of azo groups is 1. The van der Waals surface area contributed by atoms with Gasteiger partial charge in [0.15, 0.2) is 5.69 Å². The summed E-state index contributed by atoms with van der Waals surface area (Å²) < 4.78 is 1.75. The largest absolute Gasteiger partial charge is 0.493 e. The van der Waals surface area contributed by atoms with Crippen LogP contribution >= 0.6 is 0 Å². The van der Waals surface area contributed by atoms with Crippen LogP contribution in [-0.4, -0.2) is 28.0 Å². The number of para-hydroxylation sites is 1. The molecule has 148 valence electrons. The van der Waals surface area contributed by atoms with E-state index in [1.807, 2.05) is 61.5 Å². The van der Waals surface area contributed by atoms with E-state index < -0.39 is 11.8 Å². The van der Waals surface area contributed by atoms with Crippen molar-refractivity contribution in [2.45, 2.75) is 25.8 Å². The molecule has 29 heavy (non-hydrogen) atoms. The molecule has 2 atom stereocenters. The van der Waals surface area contributed by atoms with E-state index in [9.17, 15) is 14.7 Å². The molecule has 0 unspecified atom stereocenters. The molecule has 0 aliphatic carbocycles. The number of hydrogen-bond acceptors (Lipinski definition) is 4. The standard InChI is InChI=1S/C22H22N4O3/c1-2-12-26-17-11-7-6-10-15(17)19(22(26)29)24-25-21(28)18-16(13-23-20(18)27)14-8-4-3-5-9-14/h3-11,16,18,29H,2,12-13H2,1H3,(H,23,27)/t16-,18+/m1/s1. The molecule has 7 heteroatoms. The van der Waals surface area contributed by atoms with Crippen molar-refractivity contribution in [2.24, 2.45) is 16.1 Å². The van der Waals surface area contributed by atoms with Gasteiger partial charge in [-0.3, -0.25) is 9.59 Å². The molecule has 7 nitrogen and oxygen atoms in total. The first kappa shape index (κ1) is 18.9. The van der Waals surface area contributed by atoms with E-state index in [4.69, 9.17) is 0 Å². The first-order chi connectivity index (χ1) is 14.1. The van der Waals surface area contributed by atoms with Gasteiger partial charge in [0.25, 0.3) is 5.91 Å². The van der Waals surface area contributed by atoms with Crippen molar-refractivity contribution < 1.29 is 14.7 Å². The van der Waals surface area contributed by atoms with Gasteiger partial charge in [-0.2, -0.15) is 0 Å². The van der Waals surface area contributed by atoms with Crippen LogP contribution in [0.2, 0.25) is 0 Å². The first-order valence-electron chi connectivity index (χ1n) is 9.70. The Hall–Kier alpha value is -3.48. The molecule has 0 radical (unpaired) electrons. The van der Waals surface area contributed by atoms with E-state index in [1.165, 1.54) is 0 Å². The van der Waals surface area contributed by atoms with Crippen LogP contribution < -0.4 is 5.32 Å². The third-order valence-electron chi connectivity index (χ3n) is 5.29. The minimum atomic E-state index is -0.924. The summed E-state index contributed by atoms with van der Waals surface area (Å²) in [4.78, 5) is 25.1. The highest BCUT2D eigenvalue weighted by molar-refractivity contribution is 6.03. The second-order valence-corrected chi connectivity index (χ2v) is 7.12. The van der Waals surface area contributed by atoms with Gasteiger partial charge in [0.1, 0.15) is 5.92 Å². The van der Waals surface area contributed by atoms with E-state index in [0.29, 0.717) is 18.5 Å². The summed E-state index contributed by atoms with van der Waals surface area (Å²) in [5, 5.41) is 22.0. The summed E-state index contributed by atoms with van der Waals surface area (Å²) in [6, 6.07) is 16.9. The number of aromatic hydroxyl groups is 1. The fraction of sp³-hybridized carbons (Fsp3) is 0.273. The van der Waals surface area contributed by atoms with Crippen LogP contribution in [0.5, 0.6) is 5.88 Å². The zero-order valence-electron chi connectivity index (χ0n) is 16.1. The van der Waals surface area contributed by atoms with Gasteiger partial charge in [0.05, 0.1) is 5.52 Å². The van der Waals surface area contributed by atoms with Crippen molar-refractivity contribution in [1.82, 2.24) is 9.88 Å². The highest BCUT2D eigenvalue weighted by Crippen LogP contribution is 2.39. The Balaban J connectivity index is 1.66. The molecule has 2 aromatic carbocycles. The van der Waals surface area contributed by atoms with Crippen LogP contribution in [0.1, 0.15) is 24.8 Å². The number of benzene rings is 2. The molecular formula is C22H22N4O3. The van der Waals surface area contributed by atoms with E-state index in [-0.39, 0.29) is 23.4 Å². The highest BCUT2D eigenvalue weighted by atomic mass is 16.3. The lowest BCUT2D eigenvalue weighted by molar-refractivity contribution is -0.131. The second kappa shape index (κ2) is 7.87. The van der Waals surface area contributed by atoms with Crippen LogP contribution in [-0.2, 0) is 16.1 Å². The third-order valence-corrected chi connectivity index (χ3v) is 5.29. The molecule has 1 fully saturated rings. The van der Waals surface area contributed by atoms with Crippen molar-refractivity contribution in [2.75, 3.05) is 6.54 Å². The molecule has 1 saturated heterocycles. The predicted octanol–water partition coefficient (Wildman–Crippen LogP) is 3.90. The molecule has 0 bridgehead atoms. The number of rotatable bonds is 5. The van der Waals surface area contributed by atoms with Crippen molar-refractivity contribution in [3.8, 4) is 5.88 Å². The number of fused-ring (bicyclic) bond motifs is 1. The number of aromatic nitrogens is 1. The number of carbonyl (C=O) groups excluding carboxylic acids is 2. The van der Waals surface area contributed by atoms with Gasteiger partial charge < -0.3 is 15.0 Å². The molecule has 0 saturated carbocycles. The number of nitrogens with one attached hydrogen (secondary N) is 1. The van der Waals surface area contributed by atoms with E-state index in [2.05, 4.69) is 15.5 Å². The quantitative estimate of drug-likeness (QED) is 0.511. The molecule has 2 heterocycles. The number of nitrogens with zero attached hydrogens (tertiary/aromatic N) is 3. The van der Waals surface area contributed by atoms with Crippen LogP contribution in [0, 0.1) is 5.92 Å². The second-order valence-electron chi connectivity index (χ2n) is 7.12. The Kier molecular flexibility index (Phi) is 5.12. The molecule has 3 aromatic rings. The molecule has 2 amide bonds. The fourth-order valence-corrected chi connectivity index (χ4v) is 3.90. The molecule has 4 rings (SSSR count). The van der Waals surface area contributed by atoms with Gasteiger partial charge in [0.2, 0.25) is 11.8 Å². The van der Waals surface area contributed by atoms with Crippen LogP contribution in [0.3, 0.4) is 0 Å². The normalized spacial score (nSPS) is 19.1. The minimum Gasteiger partial charge on any atom is -0.493 e. The highest BCUT2D eigenvalue weighted by Gasteiger charge is 2.41. The average Bonchev–Trinajstić information content (AvgIpc) is 3.25. The zero-order valence-corrected chi connectivity index (χ0v) is 16.1. The van der Waals surface area contributed by atoms with Gasteiger partial charge >= 0.3 is 0 Å². The van der Waals surface area contributed by atoms with Crippen molar-refractivity contribution in [3.05, 3.63) is 60.2 Å². The Morgan fingerprint density at radius 2 is 1.90 bits per heavy atom. The number of hydrogen-bond donors (Lipinski definition) is 2. The summed E-state index contributed by atoms with van der Waals surface area (Å²) in [7, 11) is 0. The van der Waals surface area contributed by atoms with Crippen LogP contribution in [0.4, 0.5) is 5.69 Å². The third kappa shape index (κ3) is 3.40. The number of amides is 2. The van der Waals surface area contributed by atoms with Gasteiger partial charge in [-0.25, -0.2) is 0 Å². The molecule has 1 aromatic heterocycles.